The Morgan fingerprint density at radius 3 is 2.25 bits per heavy atom. The molecule has 5 rings (SSSR count). The molecular formula is C31H31F2N3O4. The third kappa shape index (κ3) is 5.98. The minimum atomic E-state index is -0.938. The molecular weight excluding hydrogens is 516 g/mol. The fraction of sp³-hybridized carbons (Fsp3) is 0.323. The first-order valence-corrected chi connectivity index (χ1v) is 13.4. The molecule has 2 fully saturated rings. The van der Waals surface area contributed by atoms with Gasteiger partial charge in [0.2, 0.25) is 11.8 Å². The van der Waals surface area contributed by atoms with Gasteiger partial charge in [0.25, 0.3) is 5.91 Å². The largest absolute Gasteiger partial charge is 0.497 e. The van der Waals surface area contributed by atoms with Gasteiger partial charge in [-0.1, -0.05) is 42.5 Å². The molecule has 7 nitrogen and oxygen atoms in total. The number of methoxy groups -OCH3 is 1. The molecule has 3 aromatic rings. The second kappa shape index (κ2) is 11.9. The number of nitrogens with one attached hydrogen (secondary N) is 1. The molecule has 0 spiro atoms. The van der Waals surface area contributed by atoms with Crippen LogP contribution in [0.5, 0.6) is 5.75 Å². The normalized spacial score (nSPS) is 17.7. The number of hydrogen-bond donors (Lipinski definition) is 1. The molecule has 2 saturated heterocycles. The maximum absolute atomic E-state index is 14.4. The molecule has 3 aromatic carbocycles. The molecule has 2 heterocycles. The molecule has 40 heavy (non-hydrogen) atoms. The zero-order valence-electron chi connectivity index (χ0n) is 22.2. The summed E-state index contributed by atoms with van der Waals surface area (Å²) in [6.45, 7) is 1.63. The Labute approximate surface area is 231 Å². The Balaban J connectivity index is 1.13. The lowest BCUT2D eigenvalue weighted by molar-refractivity contribution is -0.128. The van der Waals surface area contributed by atoms with Crippen LogP contribution in [0, 0.1) is 17.6 Å². The van der Waals surface area contributed by atoms with Crippen molar-refractivity contribution in [1.82, 2.24) is 9.80 Å². The lowest BCUT2D eigenvalue weighted by atomic mass is 9.89. The second-order valence-electron chi connectivity index (χ2n) is 10.3. The molecule has 1 atom stereocenters. The average Bonchev–Trinajstić information content (AvgIpc) is 3.33. The number of ether oxygens (including phenoxy) is 1. The van der Waals surface area contributed by atoms with Gasteiger partial charge in [-0.3, -0.25) is 14.4 Å². The number of carbonyl (C=O) groups excluding carboxylic acids is 3. The number of halogens is 2. The zero-order chi connectivity index (χ0) is 28.2. The number of likely N-dealkylation sites (tertiary alicyclic amines) is 2. The van der Waals surface area contributed by atoms with Gasteiger partial charge in [-0.15, -0.1) is 0 Å². The van der Waals surface area contributed by atoms with Crippen molar-refractivity contribution in [3.05, 3.63) is 95.1 Å². The lowest BCUT2D eigenvalue weighted by Crippen LogP contribution is -2.38. The highest BCUT2D eigenvalue weighted by Crippen LogP contribution is 2.31. The summed E-state index contributed by atoms with van der Waals surface area (Å²) in [5.74, 6) is -2.95. The molecule has 0 aromatic heterocycles. The lowest BCUT2D eigenvalue weighted by Gasteiger charge is -2.32. The number of rotatable bonds is 7. The summed E-state index contributed by atoms with van der Waals surface area (Å²) in [5.41, 5.74) is 2.19. The molecule has 0 unspecified atom stereocenters. The second-order valence-corrected chi connectivity index (χ2v) is 10.3. The SMILES string of the molecule is COc1cc(F)c(C(=O)N2CCC(c3ccc(NC(=O)[C@@H]4CC(=O)N(Cc5ccccc5)C4)cc3)CC2)c(F)c1. The van der Waals surface area contributed by atoms with Gasteiger partial charge in [0.15, 0.2) is 0 Å². The number of hydrogen-bond acceptors (Lipinski definition) is 4. The van der Waals surface area contributed by atoms with Crippen LogP contribution in [0.4, 0.5) is 14.5 Å². The van der Waals surface area contributed by atoms with Gasteiger partial charge in [0, 0.05) is 50.4 Å². The van der Waals surface area contributed by atoms with Crippen LogP contribution in [0.3, 0.4) is 0 Å². The number of carbonyl (C=O) groups is 3. The fourth-order valence-corrected chi connectivity index (χ4v) is 5.43. The van der Waals surface area contributed by atoms with Gasteiger partial charge in [0.05, 0.1) is 13.0 Å². The van der Waals surface area contributed by atoms with E-state index >= 15 is 0 Å². The van der Waals surface area contributed by atoms with Crippen LogP contribution in [0.2, 0.25) is 0 Å². The summed E-state index contributed by atoms with van der Waals surface area (Å²) < 4.78 is 33.6. The minimum Gasteiger partial charge on any atom is -0.497 e. The van der Waals surface area contributed by atoms with Gasteiger partial charge >= 0.3 is 0 Å². The highest BCUT2D eigenvalue weighted by molar-refractivity contribution is 5.97. The first-order chi connectivity index (χ1) is 19.3. The van der Waals surface area contributed by atoms with Crippen molar-refractivity contribution in [3.8, 4) is 5.75 Å². The van der Waals surface area contributed by atoms with Gasteiger partial charge < -0.3 is 19.9 Å². The maximum Gasteiger partial charge on any atom is 0.259 e. The number of amides is 3. The molecule has 0 aliphatic carbocycles. The summed E-state index contributed by atoms with van der Waals surface area (Å²) in [6.07, 6.45) is 1.49. The van der Waals surface area contributed by atoms with Crippen molar-refractivity contribution in [2.75, 3.05) is 32.1 Å². The monoisotopic (exact) mass is 547 g/mol. The Morgan fingerprint density at radius 1 is 0.975 bits per heavy atom. The van der Waals surface area contributed by atoms with Gasteiger partial charge in [-0.05, 0) is 42.0 Å². The predicted octanol–water partition coefficient (Wildman–Crippen LogP) is 4.98. The summed E-state index contributed by atoms with van der Waals surface area (Å²) >= 11 is 0. The van der Waals surface area contributed by atoms with Gasteiger partial charge in [-0.2, -0.15) is 0 Å². The standard InChI is InChI=1S/C31H31F2N3O4/c1-40-25-16-26(32)29(27(33)17-25)31(39)35-13-11-22(12-14-35)21-7-9-24(10-8-21)34-30(38)23-15-28(37)36(19-23)18-20-5-3-2-4-6-20/h2-10,16-17,22-23H,11-15,18-19H2,1H3,(H,34,38)/t23-/m1/s1. The van der Waals surface area contributed by atoms with Crippen LogP contribution in [-0.4, -0.2) is 54.3 Å². The first kappa shape index (κ1) is 27.3. The number of nitrogens with zero attached hydrogens (tertiary/aromatic N) is 2. The molecule has 2 aliphatic heterocycles. The molecule has 208 valence electrons. The van der Waals surface area contributed by atoms with Crippen molar-refractivity contribution in [2.45, 2.75) is 31.7 Å². The Kier molecular flexibility index (Phi) is 8.09. The Bertz CT molecular complexity index is 1370. The van der Waals surface area contributed by atoms with Crippen LogP contribution < -0.4 is 10.1 Å². The quantitative estimate of drug-likeness (QED) is 0.453. The van der Waals surface area contributed by atoms with E-state index in [1.54, 1.807) is 4.90 Å². The number of piperidine rings is 1. The van der Waals surface area contributed by atoms with E-state index in [4.69, 9.17) is 4.74 Å². The van der Waals surface area contributed by atoms with Crippen molar-refractivity contribution >= 4 is 23.4 Å². The summed E-state index contributed by atoms with van der Waals surface area (Å²) in [6, 6.07) is 19.3. The van der Waals surface area contributed by atoms with E-state index in [2.05, 4.69) is 5.32 Å². The molecule has 9 heteroatoms. The molecule has 3 amide bonds. The van der Waals surface area contributed by atoms with Crippen LogP contribution in [0.1, 0.15) is 46.7 Å². The third-order valence-electron chi connectivity index (χ3n) is 7.70. The van der Waals surface area contributed by atoms with Crippen molar-refractivity contribution in [2.24, 2.45) is 5.92 Å². The van der Waals surface area contributed by atoms with E-state index in [1.165, 1.54) is 12.0 Å². The van der Waals surface area contributed by atoms with E-state index in [9.17, 15) is 23.2 Å². The van der Waals surface area contributed by atoms with Crippen LogP contribution >= 0.6 is 0 Å². The van der Waals surface area contributed by atoms with Gasteiger partial charge in [0.1, 0.15) is 22.9 Å². The third-order valence-corrected chi connectivity index (χ3v) is 7.70. The van der Waals surface area contributed by atoms with Crippen molar-refractivity contribution in [3.63, 3.8) is 0 Å². The summed E-state index contributed by atoms with van der Waals surface area (Å²) in [4.78, 5) is 41.3. The van der Waals surface area contributed by atoms with E-state index in [-0.39, 0.29) is 29.9 Å². The Hall–Kier alpha value is -4.27. The highest BCUT2D eigenvalue weighted by Gasteiger charge is 2.34. The van der Waals surface area contributed by atoms with E-state index in [0.29, 0.717) is 44.7 Å². The summed E-state index contributed by atoms with van der Waals surface area (Å²) in [7, 11) is 1.30. The highest BCUT2D eigenvalue weighted by atomic mass is 19.1. The molecule has 0 bridgehead atoms. The smallest absolute Gasteiger partial charge is 0.259 e. The van der Waals surface area contributed by atoms with Crippen LogP contribution in [0.15, 0.2) is 66.7 Å². The average molecular weight is 548 g/mol. The molecule has 0 radical (unpaired) electrons. The van der Waals surface area contributed by atoms with Gasteiger partial charge in [-0.25, -0.2) is 8.78 Å². The van der Waals surface area contributed by atoms with Crippen LogP contribution in [-0.2, 0) is 16.1 Å². The molecule has 1 N–H and O–H groups in total. The Morgan fingerprint density at radius 2 is 1.62 bits per heavy atom. The zero-order valence-corrected chi connectivity index (χ0v) is 22.2. The number of anilines is 1. The van der Waals surface area contributed by atoms with E-state index < -0.39 is 29.0 Å². The maximum atomic E-state index is 14.4. The first-order valence-electron chi connectivity index (χ1n) is 13.4. The minimum absolute atomic E-state index is 0.0201. The molecule has 0 saturated carbocycles. The molecule has 2 aliphatic rings. The van der Waals surface area contributed by atoms with E-state index in [1.807, 2.05) is 54.6 Å². The fourth-order valence-electron chi connectivity index (χ4n) is 5.43. The van der Waals surface area contributed by atoms with Crippen LogP contribution in [0.25, 0.3) is 0 Å². The van der Waals surface area contributed by atoms with Crippen molar-refractivity contribution in [1.29, 1.82) is 0 Å². The predicted molar refractivity (Wildman–Crippen MR) is 146 cm³/mol. The van der Waals surface area contributed by atoms with Crippen molar-refractivity contribution < 1.29 is 27.9 Å². The number of benzene rings is 3. The topological polar surface area (TPSA) is 79.0 Å². The summed E-state index contributed by atoms with van der Waals surface area (Å²) in [5, 5.41) is 2.93. The van der Waals surface area contributed by atoms with E-state index in [0.717, 1.165) is 23.3 Å².